The van der Waals surface area contributed by atoms with Gasteiger partial charge in [0.15, 0.2) is 0 Å². The average Bonchev–Trinajstić information content (AvgIpc) is 2.40. The summed E-state index contributed by atoms with van der Waals surface area (Å²) in [5.74, 6) is 0. The zero-order valence-electron chi connectivity index (χ0n) is 10.5. The number of benzene rings is 2. The minimum Gasteiger partial charge on any atom is -0.306 e. The van der Waals surface area contributed by atoms with Crippen molar-refractivity contribution < 1.29 is 0 Å². The van der Waals surface area contributed by atoms with E-state index in [1.54, 1.807) is 6.07 Å². The maximum atomic E-state index is 6.18. The van der Waals surface area contributed by atoms with Crippen molar-refractivity contribution in [2.24, 2.45) is 0 Å². The molecular formula is C15H14Cl3N. The fraction of sp³-hybridized carbons (Fsp3) is 0.200. The molecule has 0 saturated carbocycles. The second-order valence-electron chi connectivity index (χ2n) is 4.39. The van der Waals surface area contributed by atoms with Crippen molar-refractivity contribution in [3.63, 3.8) is 0 Å². The molecule has 0 fully saturated rings. The van der Waals surface area contributed by atoms with Gasteiger partial charge in [0.25, 0.3) is 0 Å². The standard InChI is InChI=1S/C15H14Cl3N/c1-10(14-8-13(17)6-7-15(14)18)19-9-11-2-4-12(16)5-3-11/h2-8,10,19H,9H2,1H3. The minimum atomic E-state index is 0.127. The van der Waals surface area contributed by atoms with Gasteiger partial charge in [0.1, 0.15) is 0 Å². The molecule has 0 aliphatic heterocycles. The molecule has 0 amide bonds. The molecule has 0 spiro atoms. The Morgan fingerprint density at radius 1 is 0.947 bits per heavy atom. The maximum Gasteiger partial charge on any atom is 0.0454 e. The Bertz CT molecular complexity index is 552. The molecule has 0 saturated heterocycles. The first-order chi connectivity index (χ1) is 9.06. The van der Waals surface area contributed by atoms with E-state index in [2.05, 4.69) is 12.2 Å². The van der Waals surface area contributed by atoms with Crippen LogP contribution in [0.1, 0.15) is 24.1 Å². The van der Waals surface area contributed by atoms with Gasteiger partial charge in [-0.25, -0.2) is 0 Å². The highest BCUT2D eigenvalue weighted by Gasteiger charge is 2.09. The molecule has 19 heavy (non-hydrogen) atoms. The lowest BCUT2D eigenvalue weighted by molar-refractivity contribution is 0.575. The fourth-order valence-corrected chi connectivity index (χ4v) is 2.42. The summed E-state index contributed by atoms with van der Waals surface area (Å²) in [7, 11) is 0. The largest absolute Gasteiger partial charge is 0.306 e. The summed E-state index contributed by atoms with van der Waals surface area (Å²) >= 11 is 18.0. The van der Waals surface area contributed by atoms with E-state index in [0.717, 1.165) is 22.2 Å². The number of hydrogen-bond donors (Lipinski definition) is 1. The zero-order chi connectivity index (χ0) is 13.8. The van der Waals surface area contributed by atoms with Crippen LogP contribution in [0.4, 0.5) is 0 Å². The quantitative estimate of drug-likeness (QED) is 0.786. The van der Waals surface area contributed by atoms with Gasteiger partial charge in [-0.3, -0.25) is 0 Å². The summed E-state index contributed by atoms with van der Waals surface area (Å²) in [5.41, 5.74) is 2.18. The Kier molecular flexibility index (Phi) is 5.12. The van der Waals surface area contributed by atoms with Gasteiger partial charge in [-0.05, 0) is 48.4 Å². The van der Waals surface area contributed by atoms with Gasteiger partial charge in [-0.2, -0.15) is 0 Å². The molecule has 2 rings (SSSR count). The van der Waals surface area contributed by atoms with Gasteiger partial charge in [-0.1, -0.05) is 46.9 Å². The molecule has 1 nitrogen and oxygen atoms in total. The van der Waals surface area contributed by atoms with Crippen LogP contribution >= 0.6 is 34.8 Å². The van der Waals surface area contributed by atoms with Crippen LogP contribution < -0.4 is 5.32 Å². The molecule has 0 heterocycles. The first-order valence-corrected chi connectivity index (χ1v) is 7.12. The summed E-state index contributed by atoms with van der Waals surface area (Å²) in [6.45, 7) is 2.81. The Morgan fingerprint density at radius 2 is 1.58 bits per heavy atom. The zero-order valence-corrected chi connectivity index (χ0v) is 12.7. The topological polar surface area (TPSA) is 12.0 Å². The molecule has 2 aromatic rings. The van der Waals surface area contributed by atoms with E-state index < -0.39 is 0 Å². The Hall–Kier alpha value is -0.730. The fourth-order valence-electron chi connectivity index (χ4n) is 1.83. The third-order valence-electron chi connectivity index (χ3n) is 2.95. The third-order valence-corrected chi connectivity index (χ3v) is 3.78. The van der Waals surface area contributed by atoms with Crippen molar-refractivity contribution in [3.05, 3.63) is 68.7 Å². The van der Waals surface area contributed by atoms with Crippen molar-refractivity contribution in [2.75, 3.05) is 0 Å². The first kappa shape index (κ1) is 14.7. The first-order valence-electron chi connectivity index (χ1n) is 5.99. The molecule has 1 atom stereocenters. The SMILES string of the molecule is CC(NCc1ccc(Cl)cc1)c1cc(Cl)ccc1Cl. The lowest BCUT2D eigenvalue weighted by Crippen LogP contribution is -2.18. The summed E-state index contributed by atoms with van der Waals surface area (Å²) in [4.78, 5) is 0. The molecule has 2 aromatic carbocycles. The second-order valence-corrected chi connectivity index (χ2v) is 5.67. The normalized spacial score (nSPS) is 12.4. The number of hydrogen-bond acceptors (Lipinski definition) is 1. The smallest absolute Gasteiger partial charge is 0.0454 e. The monoisotopic (exact) mass is 313 g/mol. The van der Waals surface area contributed by atoms with Crippen LogP contribution in [-0.2, 0) is 6.54 Å². The summed E-state index contributed by atoms with van der Waals surface area (Å²) in [6, 6.07) is 13.4. The van der Waals surface area contributed by atoms with E-state index >= 15 is 0 Å². The molecule has 1 unspecified atom stereocenters. The Morgan fingerprint density at radius 3 is 2.26 bits per heavy atom. The third kappa shape index (κ3) is 4.12. The Labute approximate surface area is 128 Å². The maximum absolute atomic E-state index is 6.18. The number of nitrogens with one attached hydrogen (secondary N) is 1. The predicted molar refractivity (Wildman–Crippen MR) is 83.2 cm³/mol. The van der Waals surface area contributed by atoms with Gasteiger partial charge in [0.05, 0.1) is 0 Å². The highest BCUT2D eigenvalue weighted by Crippen LogP contribution is 2.26. The van der Waals surface area contributed by atoms with E-state index in [9.17, 15) is 0 Å². The van der Waals surface area contributed by atoms with Crippen LogP contribution in [-0.4, -0.2) is 0 Å². The Balaban J connectivity index is 2.03. The van der Waals surface area contributed by atoms with Crippen molar-refractivity contribution in [2.45, 2.75) is 19.5 Å². The van der Waals surface area contributed by atoms with Crippen molar-refractivity contribution >= 4 is 34.8 Å². The molecule has 0 radical (unpaired) electrons. The highest BCUT2D eigenvalue weighted by molar-refractivity contribution is 6.33. The van der Waals surface area contributed by atoms with E-state index in [1.165, 1.54) is 5.56 Å². The molecule has 1 N–H and O–H groups in total. The molecule has 0 aliphatic rings. The van der Waals surface area contributed by atoms with Gasteiger partial charge in [0, 0.05) is 27.7 Å². The highest BCUT2D eigenvalue weighted by atomic mass is 35.5. The second kappa shape index (κ2) is 6.62. The molecule has 0 aliphatic carbocycles. The van der Waals surface area contributed by atoms with E-state index in [-0.39, 0.29) is 6.04 Å². The predicted octanol–water partition coefficient (Wildman–Crippen LogP) is 5.50. The molecule has 0 bridgehead atoms. The van der Waals surface area contributed by atoms with Crippen LogP contribution in [0, 0.1) is 0 Å². The molecule has 4 heteroatoms. The molecule has 100 valence electrons. The summed E-state index contributed by atoms with van der Waals surface area (Å²) < 4.78 is 0. The number of halogens is 3. The van der Waals surface area contributed by atoms with Crippen LogP contribution in [0.3, 0.4) is 0 Å². The lowest BCUT2D eigenvalue weighted by Gasteiger charge is -2.16. The lowest BCUT2D eigenvalue weighted by atomic mass is 10.1. The van der Waals surface area contributed by atoms with Gasteiger partial charge < -0.3 is 5.32 Å². The number of rotatable bonds is 4. The molecular weight excluding hydrogens is 301 g/mol. The van der Waals surface area contributed by atoms with Crippen LogP contribution in [0.15, 0.2) is 42.5 Å². The van der Waals surface area contributed by atoms with Gasteiger partial charge in [-0.15, -0.1) is 0 Å². The van der Waals surface area contributed by atoms with Crippen LogP contribution in [0.25, 0.3) is 0 Å². The van der Waals surface area contributed by atoms with Crippen molar-refractivity contribution in [1.29, 1.82) is 0 Å². The van der Waals surface area contributed by atoms with Crippen LogP contribution in [0.2, 0.25) is 15.1 Å². The molecule has 0 aromatic heterocycles. The average molecular weight is 315 g/mol. The van der Waals surface area contributed by atoms with Gasteiger partial charge >= 0.3 is 0 Å². The van der Waals surface area contributed by atoms with Crippen LogP contribution in [0.5, 0.6) is 0 Å². The van der Waals surface area contributed by atoms with E-state index in [1.807, 2.05) is 36.4 Å². The summed E-state index contributed by atoms with van der Waals surface area (Å²) in [6.07, 6.45) is 0. The summed E-state index contributed by atoms with van der Waals surface area (Å²) in [5, 5.41) is 5.58. The van der Waals surface area contributed by atoms with Crippen molar-refractivity contribution in [3.8, 4) is 0 Å². The van der Waals surface area contributed by atoms with E-state index in [4.69, 9.17) is 34.8 Å². The van der Waals surface area contributed by atoms with E-state index in [0.29, 0.717) is 5.02 Å². The van der Waals surface area contributed by atoms with Crippen molar-refractivity contribution in [1.82, 2.24) is 5.32 Å². The van der Waals surface area contributed by atoms with Gasteiger partial charge in [0.2, 0.25) is 0 Å². The minimum absolute atomic E-state index is 0.127.